The van der Waals surface area contributed by atoms with Gasteiger partial charge in [0.05, 0.1) is 28.1 Å². The van der Waals surface area contributed by atoms with E-state index in [0.29, 0.717) is 27.8 Å². The SMILES string of the molecule is CC(C)OC(=O)COc1ccc(C=Nn2c(-c3cc4cc(Br)ccc4o3)nc3ccccc3c2=O)cc1[N+](=O)[O-]. The van der Waals surface area contributed by atoms with Crippen molar-refractivity contribution >= 4 is 55.7 Å². The van der Waals surface area contributed by atoms with Crippen LogP contribution in [-0.2, 0) is 9.53 Å². The summed E-state index contributed by atoms with van der Waals surface area (Å²) in [5.41, 5.74) is 0.539. The van der Waals surface area contributed by atoms with Crippen molar-refractivity contribution in [2.24, 2.45) is 5.10 Å². The highest BCUT2D eigenvalue weighted by molar-refractivity contribution is 9.10. The molecule has 5 rings (SSSR count). The Labute approximate surface area is 234 Å². The van der Waals surface area contributed by atoms with E-state index in [1.807, 2.05) is 12.1 Å². The molecule has 0 aliphatic carbocycles. The maximum Gasteiger partial charge on any atom is 0.344 e. The summed E-state index contributed by atoms with van der Waals surface area (Å²) in [6.45, 7) is 2.88. The van der Waals surface area contributed by atoms with E-state index >= 15 is 0 Å². The molecule has 0 unspecified atom stereocenters. The van der Waals surface area contributed by atoms with E-state index in [0.717, 1.165) is 14.5 Å². The van der Waals surface area contributed by atoms with Gasteiger partial charge in [-0.3, -0.25) is 14.9 Å². The average Bonchev–Trinajstić information content (AvgIpc) is 3.34. The lowest BCUT2D eigenvalue weighted by atomic mass is 10.2. The summed E-state index contributed by atoms with van der Waals surface area (Å²) in [5, 5.41) is 17.2. The third-order valence-corrected chi connectivity index (χ3v) is 6.16. The molecule has 0 saturated heterocycles. The monoisotopic (exact) mass is 604 g/mol. The van der Waals surface area contributed by atoms with Gasteiger partial charge >= 0.3 is 11.7 Å². The summed E-state index contributed by atoms with van der Waals surface area (Å²) in [6, 6.07) is 18.2. The van der Waals surface area contributed by atoms with Gasteiger partial charge in [0.15, 0.2) is 18.1 Å². The minimum Gasteiger partial charge on any atom is -0.475 e. The first-order chi connectivity index (χ1) is 19.2. The normalized spacial score (nSPS) is 11.5. The quantitative estimate of drug-likeness (QED) is 0.0951. The molecule has 0 atom stereocenters. The molecule has 0 N–H and O–H groups in total. The van der Waals surface area contributed by atoms with Gasteiger partial charge in [-0.05, 0) is 62.4 Å². The summed E-state index contributed by atoms with van der Waals surface area (Å²) < 4.78 is 18.2. The Kier molecular flexibility index (Phi) is 7.43. The van der Waals surface area contributed by atoms with Gasteiger partial charge in [-0.15, -0.1) is 0 Å². The van der Waals surface area contributed by atoms with E-state index in [2.05, 4.69) is 26.0 Å². The molecule has 40 heavy (non-hydrogen) atoms. The number of para-hydroxylation sites is 1. The molecule has 0 aliphatic rings. The largest absolute Gasteiger partial charge is 0.475 e. The molecule has 0 radical (unpaired) electrons. The number of carbonyl (C=O) groups is 1. The minimum absolute atomic E-state index is 0.110. The number of ether oxygens (including phenoxy) is 2. The number of benzene rings is 3. The Balaban J connectivity index is 1.54. The van der Waals surface area contributed by atoms with Gasteiger partial charge in [-0.25, -0.2) is 9.78 Å². The highest BCUT2D eigenvalue weighted by atomic mass is 79.9. The molecule has 202 valence electrons. The van der Waals surface area contributed by atoms with Crippen molar-refractivity contribution < 1.29 is 23.6 Å². The molecule has 2 heterocycles. The maximum absolute atomic E-state index is 13.5. The molecule has 5 aromatic rings. The van der Waals surface area contributed by atoms with Crippen LogP contribution in [-0.4, -0.2) is 39.5 Å². The van der Waals surface area contributed by atoms with Crippen LogP contribution >= 0.6 is 15.9 Å². The van der Waals surface area contributed by atoms with Crippen LogP contribution in [0.1, 0.15) is 19.4 Å². The summed E-state index contributed by atoms with van der Waals surface area (Å²) in [6.07, 6.45) is 0.953. The van der Waals surface area contributed by atoms with Crippen molar-refractivity contribution in [2.45, 2.75) is 20.0 Å². The molecule has 0 aliphatic heterocycles. The minimum atomic E-state index is -0.649. The smallest absolute Gasteiger partial charge is 0.344 e. The number of fused-ring (bicyclic) bond motifs is 2. The van der Waals surface area contributed by atoms with Gasteiger partial charge in [0, 0.05) is 21.5 Å². The lowest BCUT2D eigenvalue weighted by Crippen LogP contribution is -2.20. The molecule has 0 fully saturated rings. The number of nitro groups is 1. The van der Waals surface area contributed by atoms with Crippen molar-refractivity contribution in [3.63, 3.8) is 0 Å². The van der Waals surface area contributed by atoms with Crippen LogP contribution in [0.3, 0.4) is 0 Å². The molecular formula is C28H21BrN4O7. The second kappa shape index (κ2) is 11.1. The van der Waals surface area contributed by atoms with Gasteiger partial charge in [0.25, 0.3) is 5.56 Å². The number of rotatable bonds is 8. The Morgan fingerprint density at radius 2 is 1.98 bits per heavy atom. The first kappa shape index (κ1) is 26.8. The third-order valence-electron chi connectivity index (χ3n) is 5.67. The van der Waals surface area contributed by atoms with Gasteiger partial charge in [0.1, 0.15) is 5.58 Å². The molecule has 3 aromatic carbocycles. The van der Waals surface area contributed by atoms with Crippen LogP contribution in [0.4, 0.5) is 5.69 Å². The highest BCUT2D eigenvalue weighted by Crippen LogP contribution is 2.30. The molecule has 12 heteroatoms. The molecule has 0 bridgehead atoms. The molecule has 0 spiro atoms. The number of halogens is 1. The second-order valence-corrected chi connectivity index (χ2v) is 9.83. The third kappa shape index (κ3) is 5.61. The van der Waals surface area contributed by atoms with Gasteiger partial charge in [-0.2, -0.15) is 9.78 Å². The first-order valence-corrected chi connectivity index (χ1v) is 12.9. The van der Waals surface area contributed by atoms with Gasteiger partial charge in [0.2, 0.25) is 5.82 Å². The summed E-state index contributed by atoms with van der Waals surface area (Å²) >= 11 is 3.44. The van der Waals surface area contributed by atoms with E-state index in [9.17, 15) is 19.7 Å². The van der Waals surface area contributed by atoms with Gasteiger partial charge < -0.3 is 13.9 Å². The Morgan fingerprint density at radius 1 is 1.18 bits per heavy atom. The van der Waals surface area contributed by atoms with Crippen molar-refractivity contribution in [1.82, 2.24) is 9.66 Å². The zero-order valence-electron chi connectivity index (χ0n) is 21.2. The molecule has 2 aromatic heterocycles. The first-order valence-electron chi connectivity index (χ1n) is 12.1. The zero-order chi connectivity index (χ0) is 28.4. The standard InChI is InChI=1S/C28H21BrN4O7/c1-16(2)39-26(34)15-38-24-9-7-17(11-22(24)33(36)37)14-30-32-27(31-21-6-4-3-5-20(21)28(32)35)25-13-18-12-19(29)8-10-23(18)40-25/h3-14,16H,15H2,1-2H3. The topological polar surface area (TPSA) is 139 Å². The van der Waals surface area contributed by atoms with E-state index in [4.69, 9.17) is 13.9 Å². The number of esters is 1. The summed E-state index contributed by atoms with van der Waals surface area (Å²) in [7, 11) is 0. The average molecular weight is 605 g/mol. The number of furan rings is 1. The zero-order valence-corrected chi connectivity index (χ0v) is 22.8. The van der Waals surface area contributed by atoms with Crippen molar-refractivity contribution in [3.05, 3.63) is 97.2 Å². The van der Waals surface area contributed by atoms with Crippen LogP contribution < -0.4 is 10.3 Å². The van der Waals surface area contributed by atoms with E-state index in [1.54, 1.807) is 50.2 Å². The fourth-order valence-electron chi connectivity index (χ4n) is 3.95. The van der Waals surface area contributed by atoms with Crippen molar-refractivity contribution in [1.29, 1.82) is 0 Å². The lowest BCUT2D eigenvalue weighted by Gasteiger charge is -2.10. The van der Waals surface area contributed by atoms with Crippen LogP contribution in [0.5, 0.6) is 5.75 Å². The molecule has 0 amide bonds. The molecular weight excluding hydrogens is 584 g/mol. The summed E-state index contributed by atoms with van der Waals surface area (Å²) in [5.74, 6) is -0.286. The predicted octanol–water partition coefficient (Wildman–Crippen LogP) is 5.69. The predicted molar refractivity (Wildman–Crippen MR) is 152 cm³/mol. The fraction of sp³-hybridized carbons (Fsp3) is 0.143. The lowest BCUT2D eigenvalue weighted by molar-refractivity contribution is -0.385. The van der Waals surface area contributed by atoms with Crippen LogP contribution in [0, 0.1) is 10.1 Å². The number of nitrogens with zero attached hydrogens (tertiary/aromatic N) is 4. The number of hydrogen-bond acceptors (Lipinski definition) is 9. The van der Waals surface area contributed by atoms with E-state index in [-0.39, 0.29) is 23.4 Å². The molecule has 0 saturated carbocycles. The number of carbonyl (C=O) groups excluding carboxylic acids is 1. The maximum atomic E-state index is 13.5. The number of nitro benzene ring substituents is 1. The highest BCUT2D eigenvalue weighted by Gasteiger charge is 2.19. The van der Waals surface area contributed by atoms with Crippen LogP contribution in [0.25, 0.3) is 33.5 Å². The Hall–Kier alpha value is -4.84. The Bertz CT molecular complexity index is 1860. The Morgan fingerprint density at radius 3 is 2.75 bits per heavy atom. The fourth-order valence-corrected chi connectivity index (χ4v) is 4.33. The molecule has 11 nitrogen and oxygen atoms in total. The van der Waals surface area contributed by atoms with E-state index in [1.165, 1.54) is 24.4 Å². The van der Waals surface area contributed by atoms with Crippen molar-refractivity contribution in [2.75, 3.05) is 6.61 Å². The number of aromatic nitrogens is 2. The van der Waals surface area contributed by atoms with E-state index < -0.39 is 23.1 Å². The van der Waals surface area contributed by atoms with Gasteiger partial charge in [-0.1, -0.05) is 28.1 Å². The summed E-state index contributed by atoms with van der Waals surface area (Å²) in [4.78, 5) is 40.9. The van der Waals surface area contributed by atoms with Crippen molar-refractivity contribution in [3.8, 4) is 17.3 Å². The number of hydrogen-bond donors (Lipinski definition) is 0. The van der Waals surface area contributed by atoms with Crippen LogP contribution in [0.2, 0.25) is 0 Å². The second-order valence-electron chi connectivity index (χ2n) is 8.92. The van der Waals surface area contributed by atoms with Crippen LogP contribution in [0.15, 0.2) is 85.5 Å².